The number of aryl methyl sites for hydroxylation is 1. The SMILES string of the molecule is CN1CCOc2ccc(NS(=O)(=O)c3cc4c5c(c3)CCN5C(=O)CC4)cc2C1=O. The van der Waals surface area contributed by atoms with Crippen LogP contribution in [0.1, 0.15) is 27.9 Å². The molecule has 2 amide bonds. The summed E-state index contributed by atoms with van der Waals surface area (Å²) in [7, 11) is -2.18. The molecule has 0 saturated heterocycles. The summed E-state index contributed by atoms with van der Waals surface area (Å²) >= 11 is 0. The van der Waals surface area contributed by atoms with Crippen molar-refractivity contribution in [2.75, 3.05) is 36.4 Å². The van der Waals surface area contributed by atoms with Crippen LogP contribution in [-0.2, 0) is 27.7 Å². The van der Waals surface area contributed by atoms with Gasteiger partial charge in [0, 0.05) is 25.7 Å². The number of ether oxygens (including phenoxy) is 1. The molecule has 0 radical (unpaired) electrons. The number of carbonyl (C=O) groups is 2. The second-order valence-corrected chi connectivity index (χ2v) is 9.46. The lowest BCUT2D eigenvalue weighted by atomic mass is 10.00. The molecule has 0 spiro atoms. The number of hydrogen-bond acceptors (Lipinski definition) is 5. The number of likely N-dealkylation sites (N-methyl/N-ethyl adjacent to an activating group) is 1. The summed E-state index contributed by atoms with van der Waals surface area (Å²) in [5.74, 6) is 0.325. The van der Waals surface area contributed by atoms with Gasteiger partial charge in [-0.1, -0.05) is 0 Å². The average Bonchev–Trinajstić information content (AvgIpc) is 3.10. The summed E-state index contributed by atoms with van der Waals surface area (Å²) in [5, 5.41) is 0. The van der Waals surface area contributed by atoms with Crippen molar-refractivity contribution < 1.29 is 22.7 Å². The van der Waals surface area contributed by atoms with Crippen LogP contribution in [0.3, 0.4) is 0 Å². The molecule has 9 heteroatoms. The first-order valence-corrected chi connectivity index (χ1v) is 11.3. The minimum Gasteiger partial charge on any atom is -0.491 e. The zero-order valence-corrected chi connectivity index (χ0v) is 17.3. The Bertz CT molecular complexity index is 1190. The maximum absolute atomic E-state index is 13.1. The van der Waals surface area contributed by atoms with Gasteiger partial charge < -0.3 is 14.5 Å². The fraction of sp³-hybridized carbons (Fsp3) is 0.333. The first-order chi connectivity index (χ1) is 14.3. The number of anilines is 2. The van der Waals surface area contributed by atoms with Crippen molar-refractivity contribution in [1.82, 2.24) is 4.90 Å². The average molecular weight is 427 g/mol. The van der Waals surface area contributed by atoms with E-state index in [4.69, 9.17) is 4.74 Å². The number of nitrogens with one attached hydrogen (secondary N) is 1. The van der Waals surface area contributed by atoms with Crippen LogP contribution in [0.4, 0.5) is 11.4 Å². The Hall–Kier alpha value is -3.07. The van der Waals surface area contributed by atoms with Gasteiger partial charge in [-0.15, -0.1) is 0 Å². The lowest BCUT2D eigenvalue weighted by Crippen LogP contribution is -2.33. The Morgan fingerprint density at radius 3 is 2.57 bits per heavy atom. The maximum atomic E-state index is 13.1. The van der Waals surface area contributed by atoms with Crippen LogP contribution in [0.2, 0.25) is 0 Å². The van der Waals surface area contributed by atoms with E-state index in [0.29, 0.717) is 56.0 Å². The molecule has 3 aliphatic heterocycles. The zero-order chi connectivity index (χ0) is 21.0. The zero-order valence-electron chi connectivity index (χ0n) is 16.5. The highest BCUT2D eigenvalue weighted by atomic mass is 32.2. The van der Waals surface area contributed by atoms with Crippen LogP contribution in [0.25, 0.3) is 0 Å². The van der Waals surface area contributed by atoms with Gasteiger partial charge in [-0.3, -0.25) is 14.3 Å². The molecule has 5 rings (SSSR count). The molecule has 2 aromatic rings. The molecule has 1 N–H and O–H groups in total. The lowest BCUT2D eigenvalue weighted by molar-refractivity contribution is -0.118. The molecule has 0 bridgehead atoms. The highest BCUT2D eigenvalue weighted by molar-refractivity contribution is 7.92. The minimum absolute atomic E-state index is 0.0943. The third-order valence-electron chi connectivity index (χ3n) is 5.83. The Labute approximate surface area is 174 Å². The topological polar surface area (TPSA) is 96.0 Å². The number of carbonyl (C=O) groups excluding carboxylic acids is 2. The van der Waals surface area contributed by atoms with E-state index in [9.17, 15) is 18.0 Å². The first-order valence-electron chi connectivity index (χ1n) is 9.85. The number of rotatable bonds is 3. The molecule has 0 aliphatic carbocycles. The van der Waals surface area contributed by atoms with E-state index in [1.807, 2.05) is 0 Å². The highest BCUT2D eigenvalue weighted by Crippen LogP contribution is 2.38. The molecule has 3 heterocycles. The minimum atomic E-state index is -3.86. The van der Waals surface area contributed by atoms with E-state index >= 15 is 0 Å². The smallest absolute Gasteiger partial charge is 0.261 e. The van der Waals surface area contributed by atoms with E-state index in [2.05, 4.69) is 4.72 Å². The van der Waals surface area contributed by atoms with Crippen molar-refractivity contribution in [2.45, 2.75) is 24.2 Å². The van der Waals surface area contributed by atoms with Gasteiger partial charge in [0.1, 0.15) is 12.4 Å². The molecule has 0 aromatic heterocycles. The molecule has 0 unspecified atom stereocenters. The van der Waals surface area contributed by atoms with E-state index < -0.39 is 10.0 Å². The second kappa shape index (κ2) is 6.73. The Morgan fingerprint density at radius 1 is 1.00 bits per heavy atom. The van der Waals surface area contributed by atoms with E-state index in [1.54, 1.807) is 41.1 Å². The fourth-order valence-electron chi connectivity index (χ4n) is 4.28. The highest BCUT2D eigenvalue weighted by Gasteiger charge is 2.33. The molecule has 3 aliphatic rings. The van der Waals surface area contributed by atoms with Crippen molar-refractivity contribution in [1.29, 1.82) is 0 Å². The van der Waals surface area contributed by atoms with Crippen molar-refractivity contribution in [2.24, 2.45) is 0 Å². The predicted octanol–water partition coefficient (Wildman–Crippen LogP) is 1.79. The normalized spacial score (nSPS) is 17.9. The standard InChI is InChI=1S/C21H21N3O5S/c1-23-8-9-29-18-4-3-15(12-17(18)21(23)26)22-30(27,28)16-10-13-2-5-19(25)24-7-6-14(11-16)20(13)24/h3-4,10-12,22H,2,5-9H2,1H3. The monoisotopic (exact) mass is 427 g/mol. The lowest BCUT2D eigenvalue weighted by Gasteiger charge is -2.25. The predicted molar refractivity (Wildman–Crippen MR) is 111 cm³/mol. The molecule has 156 valence electrons. The molecule has 8 nitrogen and oxygen atoms in total. The van der Waals surface area contributed by atoms with Gasteiger partial charge in [-0.25, -0.2) is 8.42 Å². The molecule has 0 saturated carbocycles. The van der Waals surface area contributed by atoms with E-state index in [-0.39, 0.29) is 16.7 Å². The van der Waals surface area contributed by atoms with Gasteiger partial charge in [0.25, 0.3) is 15.9 Å². The van der Waals surface area contributed by atoms with Gasteiger partial charge in [0.05, 0.1) is 22.7 Å². The summed E-state index contributed by atoms with van der Waals surface area (Å²) in [6.45, 7) is 1.45. The van der Waals surface area contributed by atoms with Gasteiger partial charge in [-0.2, -0.15) is 0 Å². The number of amides is 2. The van der Waals surface area contributed by atoms with Crippen LogP contribution in [0.5, 0.6) is 5.75 Å². The van der Waals surface area contributed by atoms with Gasteiger partial charge in [0.2, 0.25) is 5.91 Å². The third-order valence-corrected chi connectivity index (χ3v) is 7.19. The maximum Gasteiger partial charge on any atom is 0.261 e. The van der Waals surface area contributed by atoms with E-state index in [0.717, 1.165) is 16.8 Å². The number of hydrogen-bond donors (Lipinski definition) is 1. The van der Waals surface area contributed by atoms with Gasteiger partial charge in [-0.05, 0) is 54.3 Å². The molecule has 0 atom stereocenters. The van der Waals surface area contributed by atoms with E-state index in [1.165, 1.54) is 6.07 Å². The molecular weight excluding hydrogens is 406 g/mol. The molecule has 30 heavy (non-hydrogen) atoms. The van der Waals surface area contributed by atoms with Gasteiger partial charge >= 0.3 is 0 Å². The van der Waals surface area contributed by atoms with Crippen molar-refractivity contribution in [3.8, 4) is 5.75 Å². The van der Waals surface area contributed by atoms with Crippen LogP contribution in [-0.4, -0.2) is 51.9 Å². The van der Waals surface area contributed by atoms with Crippen molar-refractivity contribution in [3.63, 3.8) is 0 Å². The number of fused-ring (bicyclic) bond motifs is 1. The van der Waals surface area contributed by atoms with Crippen molar-refractivity contribution in [3.05, 3.63) is 47.0 Å². The fourth-order valence-corrected chi connectivity index (χ4v) is 5.43. The Morgan fingerprint density at radius 2 is 1.77 bits per heavy atom. The summed E-state index contributed by atoms with van der Waals surface area (Å²) in [5.41, 5.74) is 3.27. The number of nitrogens with zero attached hydrogens (tertiary/aromatic N) is 2. The second-order valence-electron chi connectivity index (χ2n) is 7.78. The van der Waals surface area contributed by atoms with Crippen LogP contribution < -0.4 is 14.4 Å². The van der Waals surface area contributed by atoms with Crippen LogP contribution in [0, 0.1) is 0 Å². The van der Waals surface area contributed by atoms with Crippen LogP contribution in [0.15, 0.2) is 35.2 Å². The number of sulfonamides is 1. The Balaban J connectivity index is 1.49. The molecular formula is C21H21N3O5S. The quantitative estimate of drug-likeness (QED) is 0.806. The Kier molecular flexibility index (Phi) is 4.25. The van der Waals surface area contributed by atoms with Crippen LogP contribution >= 0.6 is 0 Å². The molecule has 0 fully saturated rings. The summed E-state index contributed by atoms with van der Waals surface area (Å²) in [6.07, 6.45) is 1.58. The van der Waals surface area contributed by atoms with Crippen molar-refractivity contribution >= 4 is 33.2 Å². The third kappa shape index (κ3) is 3.00. The van der Waals surface area contributed by atoms with Gasteiger partial charge in [0.15, 0.2) is 0 Å². The number of benzene rings is 2. The first kappa shape index (κ1) is 18.9. The summed E-state index contributed by atoms with van der Waals surface area (Å²) in [4.78, 5) is 28.1. The summed E-state index contributed by atoms with van der Waals surface area (Å²) < 4.78 is 34.4. The molecule has 2 aromatic carbocycles. The summed E-state index contributed by atoms with van der Waals surface area (Å²) in [6, 6.07) is 8.00. The largest absolute Gasteiger partial charge is 0.491 e.